The zero-order chi connectivity index (χ0) is 19.6. The summed E-state index contributed by atoms with van der Waals surface area (Å²) in [5.41, 5.74) is 1.33. The molecule has 3 fully saturated rings. The van der Waals surface area contributed by atoms with Gasteiger partial charge in [-0.1, -0.05) is 39.0 Å². The number of anilines is 1. The molecule has 2 heterocycles. The van der Waals surface area contributed by atoms with Gasteiger partial charge >= 0.3 is 0 Å². The minimum Gasteiger partial charge on any atom is -0.325 e. The summed E-state index contributed by atoms with van der Waals surface area (Å²) in [5, 5.41) is 0. The van der Waals surface area contributed by atoms with Crippen molar-refractivity contribution in [2.24, 2.45) is 10.4 Å². The maximum Gasteiger partial charge on any atom is 0.218 e. The molecule has 5 heteroatoms. The molecule has 0 N–H and O–H groups in total. The first kappa shape index (κ1) is 20.3. The van der Waals surface area contributed by atoms with E-state index < -0.39 is 8.45 Å². The van der Waals surface area contributed by atoms with E-state index in [2.05, 4.69) is 86.1 Å². The summed E-state index contributed by atoms with van der Waals surface area (Å²) in [5.74, 6) is 1.16. The van der Waals surface area contributed by atoms with Crippen molar-refractivity contribution in [2.75, 3.05) is 24.4 Å². The maximum absolute atomic E-state index is 6.65. The first-order chi connectivity index (χ1) is 13.5. The van der Waals surface area contributed by atoms with E-state index in [4.69, 9.17) is 9.52 Å². The molecule has 4 nitrogen and oxygen atoms in total. The standard InChI is InChI=1S/C23H31N3OP/c1-23(2,3)22(24-16-19-10-7-8-11-19)18-27-28-25-15-9-14-21(25)17-26(28)20-12-5-4-6-13-20/h4-8,10-13,16,21-22H,9,14-15,17-18H2,1-3H3/t21-,22+,28-/m0/s1. The summed E-state index contributed by atoms with van der Waals surface area (Å²) in [6, 6.07) is 11.5. The van der Waals surface area contributed by atoms with Crippen molar-refractivity contribution in [3.05, 3.63) is 61.9 Å². The Hall–Kier alpha value is -0.960. The van der Waals surface area contributed by atoms with E-state index >= 15 is 0 Å². The highest BCUT2D eigenvalue weighted by Crippen LogP contribution is 2.57. The fraction of sp³-hybridized carbons (Fsp3) is 0.478. The van der Waals surface area contributed by atoms with E-state index in [1.807, 2.05) is 6.21 Å². The van der Waals surface area contributed by atoms with Crippen molar-refractivity contribution < 1.29 is 4.52 Å². The number of hydrogen-bond donors (Lipinski definition) is 0. The molecule has 3 atom stereocenters. The van der Waals surface area contributed by atoms with Crippen LogP contribution in [-0.2, 0) is 4.52 Å². The minimum absolute atomic E-state index is 0.0557. The lowest BCUT2D eigenvalue weighted by Gasteiger charge is -2.33. The van der Waals surface area contributed by atoms with Gasteiger partial charge < -0.3 is 9.19 Å². The van der Waals surface area contributed by atoms with Crippen molar-refractivity contribution in [3.63, 3.8) is 0 Å². The monoisotopic (exact) mass is 396 g/mol. The summed E-state index contributed by atoms with van der Waals surface area (Å²) in [7, 11) is -0.768. The second kappa shape index (κ2) is 8.81. The van der Waals surface area contributed by atoms with Gasteiger partial charge in [0.15, 0.2) is 0 Å². The van der Waals surface area contributed by atoms with Crippen LogP contribution in [-0.4, -0.2) is 42.7 Å². The molecule has 4 rings (SSSR count). The molecule has 149 valence electrons. The number of rotatable bonds is 6. The highest BCUT2D eigenvalue weighted by molar-refractivity contribution is 7.52. The first-order valence-electron chi connectivity index (χ1n) is 10.3. The van der Waals surface area contributed by atoms with Crippen LogP contribution in [0.5, 0.6) is 0 Å². The predicted octanol–water partition coefficient (Wildman–Crippen LogP) is 5.11. The third kappa shape index (κ3) is 4.61. The third-order valence-corrected chi connectivity index (χ3v) is 7.80. The quantitative estimate of drug-likeness (QED) is 0.494. The number of hydrogen-bond acceptors (Lipinski definition) is 4. The third-order valence-electron chi connectivity index (χ3n) is 5.65. The molecule has 0 spiro atoms. The van der Waals surface area contributed by atoms with Crippen LogP contribution in [0.1, 0.15) is 33.6 Å². The van der Waals surface area contributed by atoms with Crippen LogP contribution in [0.3, 0.4) is 0 Å². The molecule has 1 aromatic rings. The molecule has 0 bridgehead atoms. The molecule has 2 saturated heterocycles. The molecule has 1 aliphatic carbocycles. The van der Waals surface area contributed by atoms with Crippen LogP contribution in [0, 0.1) is 37.0 Å². The summed E-state index contributed by atoms with van der Waals surface area (Å²) >= 11 is 0. The number of fused-ring (bicyclic) bond motifs is 1. The number of nitrogens with zero attached hydrogens (tertiary/aromatic N) is 3. The van der Waals surface area contributed by atoms with Crippen LogP contribution >= 0.6 is 8.45 Å². The average molecular weight is 396 g/mol. The lowest BCUT2D eigenvalue weighted by molar-refractivity contribution is 0.211. The largest absolute Gasteiger partial charge is 0.325 e. The molecule has 0 amide bonds. The van der Waals surface area contributed by atoms with Crippen molar-refractivity contribution in [3.8, 4) is 0 Å². The number of aliphatic imine (C=N–C) groups is 1. The molecule has 1 saturated carbocycles. The Labute approximate surface area is 172 Å². The van der Waals surface area contributed by atoms with E-state index in [0.29, 0.717) is 12.6 Å². The van der Waals surface area contributed by atoms with Gasteiger partial charge in [0.1, 0.15) is 0 Å². The van der Waals surface area contributed by atoms with Gasteiger partial charge in [-0.05, 0) is 56.1 Å². The fourth-order valence-electron chi connectivity index (χ4n) is 3.89. The molecule has 5 radical (unpaired) electrons. The average Bonchev–Trinajstić information content (AvgIpc) is 3.39. The second-order valence-electron chi connectivity index (χ2n) is 8.80. The van der Waals surface area contributed by atoms with Crippen molar-refractivity contribution in [2.45, 2.75) is 45.7 Å². The van der Waals surface area contributed by atoms with E-state index in [-0.39, 0.29) is 11.5 Å². The van der Waals surface area contributed by atoms with Crippen LogP contribution in [0.25, 0.3) is 0 Å². The van der Waals surface area contributed by atoms with Crippen molar-refractivity contribution in [1.82, 2.24) is 4.67 Å². The molecular weight excluding hydrogens is 365 g/mol. The molecule has 28 heavy (non-hydrogen) atoms. The van der Waals surface area contributed by atoms with Crippen LogP contribution in [0.4, 0.5) is 5.69 Å². The number of para-hydroxylation sites is 1. The Kier molecular flexibility index (Phi) is 6.40. The Balaban J connectivity index is 1.46. The van der Waals surface area contributed by atoms with Gasteiger partial charge in [0.25, 0.3) is 0 Å². The first-order valence-corrected chi connectivity index (χ1v) is 11.5. The molecular formula is C23H31N3OP. The van der Waals surface area contributed by atoms with E-state index in [9.17, 15) is 0 Å². The Bertz CT molecular complexity index is 654. The molecule has 3 aliphatic rings. The molecule has 0 unspecified atom stereocenters. The fourth-order valence-corrected chi connectivity index (χ4v) is 6.17. The van der Waals surface area contributed by atoms with Gasteiger partial charge in [0, 0.05) is 37.0 Å². The lowest BCUT2D eigenvalue weighted by Crippen LogP contribution is -2.30. The van der Waals surface area contributed by atoms with Gasteiger partial charge in [0.05, 0.1) is 12.6 Å². The van der Waals surface area contributed by atoms with Crippen molar-refractivity contribution >= 4 is 20.4 Å². The summed E-state index contributed by atoms with van der Waals surface area (Å²) in [4.78, 5) is 4.91. The number of benzene rings is 1. The zero-order valence-corrected chi connectivity index (χ0v) is 18.1. The highest BCUT2D eigenvalue weighted by Gasteiger charge is 2.44. The van der Waals surface area contributed by atoms with E-state index in [1.165, 1.54) is 18.5 Å². The van der Waals surface area contributed by atoms with E-state index in [1.54, 1.807) is 0 Å². The van der Waals surface area contributed by atoms with Gasteiger partial charge in [-0.25, -0.2) is 4.67 Å². The predicted molar refractivity (Wildman–Crippen MR) is 119 cm³/mol. The molecule has 2 aliphatic heterocycles. The van der Waals surface area contributed by atoms with Crippen LogP contribution in [0.2, 0.25) is 0 Å². The van der Waals surface area contributed by atoms with Crippen molar-refractivity contribution in [1.29, 1.82) is 0 Å². The normalized spacial score (nSPS) is 27.8. The SMILES string of the molecule is CC(C)(C)[C@@H](CO[P@]1N(c2ccccc2)C[C@@H]2CCCN21)N=C[C]1[CH][CH][CH][CH]1. The smallest absolute Gasteiger partial charge is 0.218 e. The van der Waals surface area contributed by atoms with Crippen LogP contribution < -0.4 is 4.67 Å². The zero-order valence-electron chi connectivity index (χ0n) is 17.2. The Morgan fingerprint density at radius 3 is 2.68 bits per heavy atom. The van der Waals surface area contributed by atoms with E-state index in [0.717, 1.165) is 19.0 Å². The summed E-state index contributed by atoms with van der Waals surface area (Å²) in [6.45, 7) is 9.62. The molecule has 0 aromatic heterocycles. The second-order valence-corrected chi connectivity index (χ2v) is 10.6. The van der Waals surface area contributed by atoms with Gasteiger partial charge in [-0.3, -0.25) is 4.99 Å². The van der Waals surface area contributed by atoms with Gasteiger partial charge in [0.2, 0.25) is 8.45 Å². The minimum atomic E-state index is -0.768. The Morgan fingerprint density at radius 1 is 1.21 bits per heavy atom. The van der Waals surface area contributed by atoms with Gasteiger partial charge in [-0.2, -0.15) is 0 Å². The molecule has 1 aromatic carbocycles. The summed E-state index contributed by atoms with van der Waals surface area (Å²) < 4.78 is 11.7. The lowest BCUT2D eigenvalue weighted by atomic mass is 9.87. The topological polar surface area (TPSA) is 28.1 Å². The Morgan fingerprint density at radius 2 is 1.96 bits per heavy atom. The highest BCUT2D eigenvalue weighted by atomic mass is 31.2. The maximum atomic E-state index is 6.65. The van der Waals surface area contributed by atoms with Crippen LogP contribution in [0.15, 0.2) is 35.3 Å². The summed E-state index contributed by atoms with van der Waals surface area (Å²) in [6.07, 6.45) is 12.9. The van der Waals surface area contributed by atoms with Gasteiger partial charge in [-0.15, -0.1) is 0 Å².